The van der Waals surface area contributed by atoms with E-state index in [1.807, 2.05) is 25.1 Å². The average molecular weight is 230 g/mol. The number of anilines is 1. The summed E-state index contributed by atoms with van der Waals surface area (Å²) in [4.78, 5) is 11.0. The van der Waals surface area contributed by atoms with Gasteiger partial charge in [0.05, 0.1) is 6.54 Å². The van der Waals surface area contributed by atoms with Crippen LogP contribution in [0.2, 0.25) is 0 Å². The summed E-state index contributed by atoms with van der Waals surface area (Å²) >= 11 is 0. The minimum absolute atomic E-state index is 0.428. The van der Waals surface area contributed by atoms with Crippen LogP contribution in [0.4, 0.5) is 5.69 Å². The molecule has 0 spiro atoms. The monoisotopic (exact) mass is 230 g/mol. The number of carbonyl (C=O) groups excluding carboxylic acids is 1. The second-order valence-electron chi connectivity index (χ2n) is 3.81. The van der Waals surface area contributed by atoms with E-state index < -0.39 is 5.91 Å². The van der Waals surface area contributed by atoms with Crippen LogP contribution in [0.3, 0.4) is 0 Å². The van der Waals surface area contributed by atoms with Gasteiger partial charge in [0, 0.05) is 11.3 Å². The summed E-state index contributed by atoms with van der Waals surface area (Å²) in [5.41, 5.74) is 6.54. The van der Waals surface area contributed by atoms with Crippen molar-refractivity contribution in [1.29, 1.82) is 0 Å². The number of benzene rings is 1. The molecule has 0 aliphatic heterocycles. The summed E-state index contributed by atoms with van der Waals surface area (Å²) in [5, 5.41) is 3.17. The Morgan fingerprint density at radius 1 is 1.35 bits per heavy atom. The Bertz CT molecular complexity index is 532. The molecule has 2 rings (SSSR count). The lowest BCUT2D eigenvalue weighted by Gasteiger charge is -2.05. The Kier molecular flexibility index (Phi) is 3.14. The lowest BCUT2D eigenvalue weighted by molar-refractivity contribution is 0.100. The highest BCUT2D eigenvalue weighted by atomic mass is 16.3. The lowest BCUT2D eigenvalue weighted by atomic mass is 10.2. The fourth-order valence-electron chi connectivity index (χ4n) is 1.55. The summed E-state index contributed by atoms with van der Waals surface area (Å²) in [6.45, 7) is 2.48. The van der Waals surface area contributed by atoms with Crippen LogP contribution < -0.4 is 11.1 Å². The topological polar surface area (TPSA) is 68.3 Å². The molecule has 0 saturated carbocycles. The zero-order valence-corrected chi connectivity index (χ0v) is 9.57. The number of amides is 1. The van der Waals surface area contributed by atoms with Gasteiger partial charge in [0.25, 0.3) is 0 Å². The normalized spacial score (nSPS) is 10.2. The number of nitrogens with two attached hydrogens (primary N) is 1. The van der Waals surface area contributed by atoms with Crippen LogP contribution in [-0.2, 0) is 6.54 Å². The molecule has 0 aliphatic rings. The molecule has 0 radical (unpaired) electrons. The molecule has 1 amide bonds. The first-order valence-electron chi connectivity index (χ1n) is 5.34. The highest BCUT2D eigenvalue weighted by Gasteiger charge is 2.02. The third-order valence-corrected chi connectivity index (χ3v) is 2.41. The van der Waals surface area contributed by atoms with Crippen LogP contribution in [0.15, 0.2) is 40.8 Å². The first kappa shape index (κ1) is 11.3. The second kappa shape index (κ2) is 4.74. The Morgan fingerprint density at radius 3 is 2.82 bits per heavy atom. The van der Waals surface area contributed by atoms with Crippen molar-refractivity contribution in [2.75, 3.05) is 5.32 Å². The van der Waals surface area contributed by atoms with Crippen molar-refractivity contribution in [2.24, 2.45) is 5.73 Å². The molecule has 0 unspecified atom stereocenters. The van der Waals surface area contributed by atoms with Crippen LogP contribution in [0.1, 0.15) is 21.9 Å². The number of primary amides is 1. The molecular weight excluding hydrogens is 216 g/mol. The largest absolute Gasteiger partial charge is 0.465 e. The molecule has 1 aromatic heterocycles. The van der Waals surface area contributed by atoms with Gasteiger partial charge in [0.15, 0.2) is 0 Å². The molecule has 0 atom stereocenters. The van der Waals surface area contributed by atoms with Gasteiger partial charge in [0.2, 0.25) is 5.91 Å². The molecule has 4 nitrogen and oxygen atoms in total. The van der Waals surface area contributed by atoms with E-state index >= 15 is 0 Å². The van der Waals surface area contributed by atoms with Gasteiger partial charge in [-0.05, 0) is 37.3 Å². The SMILES string of the molecule is Cc1ccc(CNc2cccc(C(N)=O)c2)o1. The second-order valence-corrected chi connectivity index (χ2v) is 3.81. The number of aryl methyl sites for hydroxylation is 1. The van der Waals surface area contributed by atoms with E-state index in [2.05, 4.69) is 5.32 Å². The number of hydrogen-bond donors (Lipinski definition) is 2. The first-order chi connectivity index (χ1) is 8.15. The maximum atomic E-state index is 11.0. The third-order valence-electron chi connectivity index (χ3n) is 2.41. The van der Waals surface area contributed by atoms with E-state index in [0.717, 1.165) is 17.2 Å². The zero-order valence-electron chi connectivity index (χ0n) is 9.57. The summed E-state index contributed by atoms with van der Waals surface area (Å²) in [5.74, 6) is 1.31. The predicted octanol–water partition coefficient (Wildman–Crippen LogP) is 2.30. The van der Waals surface area contributed by atoms with E-state index in [-0.39, 0.29) is 0 Å². The van der Waals surface area contributed by atoms with Gasteiger partial charge in [-0.1, -0.05) is 6.07 Å². The van der Waals surface area contributed by atoms with Crippen LogP contribution in [0.25, 0.3) is 0 Å². The van der Waals surface area contributed by atoms with Gasteiger partial charge in [-0.25, -0.2) is 0 Å². The lowest BCUT2D eigenvalue weighted by Crippen LogP contribution is -2.11. The van der Waals surface area contributed by atoms with Gasteiger partial charge in [-0.15, -0.1) is 0 Å². The van der Waals surface area contributed by atoms with Gasteiger partial charge in [0.1, 0.15) is 11.5 Å². The molecular formula is C13H14N2O2. The Balaban J connectivity index is 2.04. The quantitative estimate of drug-likeness (QED) is 0.846. The molecule has 1 heterocycles. The minimum atomic E-state index is -0.428. The van der Waals surface area contributed by atoms with E-state index in [9.17, 15) is 4.79 Å². The van der Waals surface area contributed by atoms with Crippen molar-refractivity contribution in [3.05, 3.63) is 53.5 Å². The van der Waals surface area contributed by atoms with Crippen molar-refractivity contribution >= 4 is 11.6 Å². The predicted molar refractivity (Wildman–Crippen MR) is 65.7 cm³/mol. The van der Waals surface area contributed by atoms with Crippen LogP contribution in [0, 0.1) is 6.92 Å². The van der Waals surface area contributed by atoms with E-state index in [1.54, 1.807) is 18.2 Å². The minimum Gasteiger partial charge on any atom is -0.465 e. The highest BCUT2D eigenvalue weighted by molar-refractivity contribution is 5.93. The molecule has 0 saturated heterocycles. The molecule has 2 aromatic rings. The average Bonchev–Trinajstić information content (AvgIpc) is 2.73. The fraction of sp³-hybridized carbons (Fsp3) is 0.154. The smallest absolute Gasteiger partial charge is 0.248 e. The van der Waals surface area contributed by atoms with Crippen LogP contribution in [-0.4, -0.2) is 5.91 Å². The van der Waals surface area contributed by atoms with Gasteiger partial charge in [-0.2, -0.15) is 0 Å². The fourth-order valence-corrected chi connectivity index (χ4v) is 1.55. The molecule has 3 N–H and O–H groups in total. The molecule has 0 aliphatic carbocycles. The summed E-state index contributed by atoms with van der Waals surface area (Å²) in [6.07, 6.45) is 0. The maximum absolute atomic E-state index is 11.0. The van der Waals surface area contributed by atoms with Crippen molar-refractivity contribution in [3.63, 3.8) is 0 Å². The first-order valence-corrected chi connectivity index (χ1v) is 5.34. The van der Waals surface area contributed by atoms with E-state index in [1.165, 1.54) is 0 Å². The highest BCUT2D eigenvalue weighted by Crippen LogP contribution is 2.13. The maximum Gasteiger partial charge on any atom is 0.248 e. The van der Waals surface area contributed by atoms with Crippen LogP contribution >= 0.6 is 0 Å². The zero-order chi connectivity index (χ0) is 12.3. The van der Waals surface area contributed by atoms with Crippen LogP contribution in [0.5, 0.6) is 0 Å². The standard InChI is InChI=1S/C13H14N2O2/c1-9-5-6-12(17-9)8-15-11-4-2-3-10(7-11)13(14)16/h2-7,15H,8H2,1H3,(H2,14,16). The van der Waals surface area contributed by atoms with Crippen molar-refractivity contribution in [2.45, 2.75) is 13.5 Å². The van der Waals surface area contributed by atoms with Crippen molar-refractivity contribution < 1.29 is 9.21 Å². The molecule has 0 fully saturated rings. The van der Waals surface area contributed by atoms with Gasteiger partial charge in [-0.3, -0.25) is 4.79 Å². The molecule has 4 heteroatoms. The third kappa shape index (κ3) is 2.87. The molecule has 88 valence electrons. The van der Waals surface area contributed by atoms with E-state index in [0.29, 0.717) is 12.1 Å². The number of carbonyl (C=O) groups is 1. The van der Waals surface area contributed by atoms with Gasteiger partial charge < -0.3 is 15.5 Å². The van der Waals surface area contributed by atoms with E-state index in [4.69, 9.17) is 10.2 Å². The number of nitrogens with one attached hydrogen (secondary N) is 1. The summed E-state index contributed by atoms with van der Waals surface area (Å²) in [7, 11) is 0. The number of hydrogen-bond acceptors (Lipinski definition) is 3. The Hall–Kier alpha value is -2.23. The molecule has 1 aromatic carbocycles. The number of furan rings is 1. The molecule has 0 bridgehead atoms. The van der Waals surface area contributed by atoms with Crippen molar-refractivity contribution in [3.8, 4) is 0 Å². The number of rotatable bonds is 4. The Labute approximate surface area is 99.4 Å². The van der Waals surface area contributed by atoms with Gasteiger partial charge >= 0.3 is 0 Å². The Morgan fingerprint density at radius 2 is 2.18 bits per heavy atom. The summed E-state index contributed by atoms with van der Waals surface area (Å²) in [6, 6.07) is 10.9. The summed E-state index contributed by atoms with van der Waals surface area (Å²) < 4.78 is 5.43. The van der Waals surface area contributed by atoms with Crippen molar-refractivity contribution in [1.82, 2.24) is 0 Å². The molecule has 17 heavy (non-hydrogen) atoms.